The van der Waals surface area contributed by atoms with Crippen LogP contribution in [-0.2, 0) is 0 Å². The van der Waals surface area contributed by atoms with E-state index < -0.39 is 0 Å². The molecule has 0 bridgehead atoms. The molecule has 0 radical (unpaired) electrons. The fourth-order valence-corrected chi connectivity index (χ4v) is 4.55. The molecule has 2 nitrogen and oxygen atoms in total. The Balaban J connectivity index is 1.84. The second-order valence-corrected chi connectivity index (χ2v) is 7.09. The van der Waals surface area contributed by atoms with E-state index in [1.165, 1.54) is 15.7 Å². The van der Waals surface area contributed by atoms with Gasteiger partial charge in [-0.1, -0.05) is 0 Å². The number of benzene rings is 2. The van der Waals surface area contributed by atoms with Crippen LogP contribution in [-0.4, -0.2) is 22.1 Å². The van der Waals surface area contributed by atoms with Crippen LogP contribution in [0.1, 0.15) is 11.6 Å². The second-order valence-electron chi connectivity index (χ2n) is 4.42. The summed E-state index contributed by atoms with van der Waals surface area (Å²) in [7, 11) is 1.69. The van der Waals surface area contributed by atoms with Crippen LogP contribution in [0, 0.1) is 0 Å². The van der Waals surface area contributed by atoms with E-state index in [0.29, 0.717) is 21.0 Å². The van der Waals surface area contributed by atoms with Crippen molar-refractivity contribution in [3.8, 4) is 5.75 Å². The van der Waals surface area contributed by atoms with Gasteiger partial charge in [0, 0.05) is 0 Å². The molecule has 1 aliphatic heterocycles. The molecule has 0 fully saturated rings. The van der Waals surface area contributed by atoms with Gasteiger partial charge in [-0.05, 0) is 0 Å². The number of halogens is 1. The maximum absolute atomic E-state index is 6.06. The number of hydrogen-bond donors (Lipinski definition) is 1. The van der Waals surface area contributed by atoms with E-state index in [1.54, 1.807) is 7.11 Å². The number of ether oxygens (including phenoxy) is 1. The number of fused-ring (bicyclic) bond motifs is 1. The third kappa shape index (κ3) is 2.74. The van der Waals surface area contributed by atoms with E-state index in [0.717, 1.165) is 16.1 Å². The van der Waals surface area contributed by atoms with E-state index in [4.69, 9.17) is 16.3 Å². The molecule has 1 unspecified atom stereocenters. The van der Waals surface area contributed by atoms with Crippen LogP contribution >= 0.6 is 11.6 Å². The molecule has 0 saturated carbocycles. The molecule has 0 aromatic heterocycles. The Bertz CT molecular complexity index is 585. The normalized spacial score (nSPS) is 17.5. The monoisotopic (exact) mass is 339 g/mol. The number of rotatable bonds is 2. The molecule has 1 atom stereocenters. The molecular weight excluding hydrogens is 325 g/mol. The molecule has 98 valence electrons. The van der Waals surface area contributed by atoms with Crippen LogP contribution < -0.4 is 14.5 Å². The number of hydrogen-bond acceptors (Lipinski definition) is 2. The van der Waals surface area contributed by atoms with Gasteiger partial charge in [0.15, 0.2) is 0 Å². The summed E-state index contributed by atoms with van der Waals surface area (Å²) >= 11 is 6.56. The SMILES string of the molecule is COc1ccc(C2C[Se]c3ccc(Cl)cc3N2)cc1. The van der Waals surface area contributed by atoms with Gasteiger partial charge in [0.05, 0.1) is 0 Å². The molecule has 0 saturated heterocycles. The summed E-state index contributed by atoms with van der Waals surface area (Å²) in [5.41, 5.74) is 2.48. The molecule has 1 N–H and O–H groups in total. The molecule has 0 spiro atoms. The number of methoxy groups -OCH3 is 1. The first-order valence-electron chi connectivity index (χ1n) is 6.09. The quantitative estimate of drug-likeness (QED) is 0.849. The van der Waals surface area contributed by atoms with Crippen molar-refractivity contribution >= 4 is 36.7 Å². The van der Waals surface area contributed by atoms with Gasteiger partial charge in [-0.2, -0.15) is 0 Å². The van der Waals surface area contributed by atoms with Crippen molar-refractivity contribution in [3.05, 3.63) is 53.1 Å². The van der Waals surface area contributed by atoms with Crippen LogP contribution in [0.25, 0.3) is 0 Å². The Morgan fingerprint density at radius 3 is 2.74 bits per heavy atom. The Labute approximate surface area is 124 Å². The topological polar surface area (TPSA) is 21.3 Å². The van der Waals surface area contributed by atoms with Gasteiger partial charge in [-0.25, -0.2) is 0 Å². The van der Waals surface area contributed by atoms with Crippen LogP contribution in [0.4, 0.5) is 5.69 Å². The zero-order valence-corrected chi connectivity index (χ0v) is 13.0. The van der Waals surface area contributed by atoms with Gasteiger partial charge < -0.3 is 0 Å². The van der Waals surface area contributed by atoms with Gasteiger partial charge >= 0.3 is 124 Å². The zero-order chi connectivity index (χ0) is 13.2. The number of anilines is 1. The summed E-state index contributed by atoms with van der Waals surface area (Å²) in [5.74, 6) is 0.897. The number of nitrogens with one attached hydrogen (secondary N) is 1. The van der Waals surface area contributed by atoms with Crippen LogP contribution in [0.2, 0.25) is 10.3 Å². The first kappa shape index (κ1) is 12.9. The fraction of sp³-hybridized carbons (Fsp3) is 0.200. The van der Waals surface area contributed by atoms with Gasteiger partial charge in [0.1, 0.15) is 0 Å². The molecule has 19 heavy (non-hydrogen) atoms. The predicted molar refractivity (Wildman–Crippen MR) is 81.0 cm³/mol. The Morgan fingerprint density at radius 1 is 1.21 bits per heavy atom. The summed E-state index contributed by atoms with van der Waals surface area (Å²) in [6.07, 6.45) is 0. The van der Waals surface area contributed by atoms with Crippen molar-refractivity contribution < 1.29 is 4.74 Å². The van der Waals surface area contributed by atoms with Gasteiger partial charge in [-0.3, -0.25) is 0 Å². The first-order valence-corrected chi connectivity index (χ1v) is 8.53. The van der Waals surface area contributed by atoms with Crippen molar-refractivity contribution in [2.75, 3.05) is 12.4 Å². The summed E-state index contributed by atoms with van der Waals surface area (Å²) in [4.78, 5) is 0. The van der Waals surface area contributed by atoms with E-state index in [1.807, 2.05) is 24.3 Å². The van der Waals surface area contributed by atoms with Crippen LogP contribution in [0.5, 0.6) is 5.75 Å². The first-order chi connectivity index (χ1) is 9.26. The van der Waals surface area contributed by atoms with E-state index >= 15 is 0 Å². The van der Waals surface area contributed by atoms with Crippen molar-refractivity contribution in [2.45, 2.75) is 11.4 Å². The van der Waals surface area contributed by atoms with Gasteiger partial charge in [0.25, 0.3) is 0 Å². The molecule has 0 aliphatic carbocycles. The summed E-state index contributed by atoms with van der Waals surface area (Å²) in [6, 6.07) is 14.8. The molecule has 1 heterocycles. The van der Waals surface area contributed by atoms with E-state index in [9.17, 15) is 0 Å². The van der Waals surface area contributed by atoms with Crippen molar-refractivity contribution in [1.82, 2.24) is 0 Å². The molecule has 3 rings (SSSR count). The molecule has 2 aromatic rings. The average molecular weight is 339 g/mol. The zero-order valence-electron chi connectivity index (χ0n) is 10.5. The Morgan fingerprint density at radius 2 is 2.00 bits per heavy atom. The van der Waals surface area contributed by atoms with Crippen LogP contribution in [0.3, 0.4) is 0 Å². The second kappa shape index (κ2) is 5.46. The van der Waals surface area contributed by atoms with Crippen molar-refractivity contribution in [1.29, 1.82) is 0 Å². The predicted octanol–water partition coefficient (Wildman–Crippen LogP) is 3.26. The molecular formula is C15H14ClNOSe. The van der Waals surface area contributed by atoms with Crippen molar-refractivity contribution in [2.24, 2.45) is 0 Å². The third-order valence-electron chi connectivity index (χ3n) is 3.20. The van der Waals surface area contributed by atoms with Gasteiger partial charge in [0.2, 0.25) is 0 Å². The maximum atomic E-state index is 6.06. The molecule has 2 aromatic carbocycles. The molecule has 0 amide bonds. The minimum atomic E-state index is 0.372. The Hall–Kier alpha value is -1.15. The van der Waals surface area contributed by atoms with E-state index in [2.05, 4.69) is 23.5 Å². The van der Waals surface area contributed by atoms with Gasteiger partial charge in [-0.15, -0.1) is 0 Å². The average Bonchev–Trinajstić information content (AvgIpc) is 2.46. The summed E-state index contributed by atoms with van der Waals surface area (Å²) in [6.45, 7) is 0. The van der Waals surface area contributed by atoms with Crippen molar-refractivity contribution in [3.63, 3.8) is 0 Å². The van der Waals surface area contributed by atoms with E-state index in [-0.39, 0.29) is 0 Å². The molecule has 4 heteroatoms. The third-order valence-corrected chi connectivity index (χ3v) is 5.88. The standard InChI is InChI=1S/C15H14ClNOSe/c1-18-12-5-2-10(3-6-12)14-9-19-15-7-4-11(16)8-13(15)17-14/h2-8,14,17H,9H2,1H3. The Kier molecular flexibility index (Phi) is 3.69. The summed E-state index contributed by atoms with van der Waals surface area (Å²) in [5, 5.41) is 5.53. The fourth-order valence-electron chi connectivity index (χ4n) is 2.16. The van der Waals surface area contributed by atoms with Crippen LogP contribution in [0.15, 0.2) is 42.5 Å². The minimum absolute atomic E-state index is 0.372. The summed E-state index contributed by atoms with van der Waals surface area (Å²) < 4.78 is 6.60. The molecule has 1 aliphatic rings.